The third-order valence-corrected chi connectivity index (χ3v) is 4.78. The fourth-order valence-corrected chi connectivity index (χ4v) is 3.40. The van der Waals surface area contributed by atoms with Crippen LogP contribution < -0.4 is 16.6 Å². The lowest BCUT2D eigenvalue weighted by molar-refractivity contribution is 0.364. The molecule has 0 aliphatic carbocycles. The third-order valence-electron chi connectivity index (χ3n) is 4.78. The molecular formula is C19H21N5O2. The Kier molecular flexibility index (Phi) is 4.22. The molecule has 4 N–H and O–H groups in total. The molecule has 2 aromatic heterocycles. The second-order valence-corrected chi connectivity index (χ2v) is 6.52. The highest BCUT2D eigenvalue weighted by molar-refractivity contribution is 5.69. The first-order valence-electron chi connectivity index (χ1n) is 8.69. The molecule has 3 heterocycles. The van der Waals surface area contributed by atoms with Crippen molar-refractivity contribution in [2.75, 3.05) is 18.8 Å². The number of nitrogens with two attached hydrogens (primary N) is 1. The standard InChI is InChI=1S/C19H21N5O2/c20-18-19(26)24(14-4-3-7-21-11-14)12-16(22-18)15-10-13(5-6-17(15)25)23-8-1-2-9-23/h1-2,5-6,8-10,12,14,21,25H,3-4,7,11H2,(H2,20,22). The molecule has 0 spiro atoms. The molecule has 1 atom stereocenters. The molecule has 26 heavy (non-hydrogen) atoms. The monoisotopic (exact) mass is 351 g/mol. The minimum atomic E-state index is -0.288. The van der Waals surface area contributed by atoms with Crippen LogP contribution in [0.2, 0.25) is 0 Å². The van der Waals surface area contributed by atoms with E-state index < -0.39 is 0 Å². The third kappa shape index (κ3) is 2.97. The summed E-state index contributed by atoms with van der Waals surface area (Å²) >= 11 is 0. The number of aromatic nitrogens is 3. The fraction of sp³-hybridized carbons (Fsp3) is 0.263. The molecular weight excluding hydrogens is 330 g/mol. The van der Waals surface area contributed by atoms with Crippen molar-refractivity contribution < 1.29 is 5.11 Å². The van der Waals surface area contributed by atoms with Crippen molar-refractivity contribution in [2.45, 2.75) is 18.9 Å². The number of piperidine rings is 1. The molecule has 1 aliphatic rings. The predicted molar refractivity (Wildman–Crippen MR) is 100 cm³/mol. The van der Waals surface area contributed by atoms with Crippen LogP contribution >= 0.6 is 0 Å². The molecule has 1 aromatic carbocycles. The molecule has 134 valence electrons. The Balaban J connectivity index is 1.82. The number of aromatic hydroxyl groups is 1. The van der Waals surface area contributed by atoms with E-state index in [1.807, 2.05) is 41.2 Å². The summed E-state index contributed by atoms with van der Waals surface area (Å²) in [7, 11) is 0. The summed E-state index contributed by atoms with van der Waals surface area (Å²) in [5, 5.41) is 13.7. The Morgan fingerprint density at radius 1 is 1.27 bits per heavy atom. The Morgan fingerprint density at radius 3 is 2.81 bits per heavy atom. The summed E-state index contributed by atoms with van der Waals surface area (Å²) in [5.41, 5.74) is 7.52. The van der Waals surface area contributed by atoms with Gasteiger partial charge in [-0.3, -0.25) is 4.79 Å². The zero-order valence-electron chi connectivity index (χ0n) is 14.3. The molecule has 0 radical (unpaired) electrons. The van der Waals surface area contributed by atoms with E-state index in [1.165, 1.54) is 0 Å². The van der Waals surface area contributed by atoms with Gasteiger partial charge in [0.1, 0.15) is 5.75 Å². The normalized spacial score (nSPS) is 17.3. The van der Waals surface area contributed by atoms with E-state index in [-0.39, 0.29) is 23.2 Å². The van der Waals surface area contributed by atoms with Gasteiger partial charge in [0.15, 0.2) is 5.82 Å². The average Bonchev–Trinajstić information content (AvgIpc) is 3.20. The van der Waals surface area contributed by atoms with E-state index in [9.17, 15) is 9.90 Å². The number of benzene rings is 1. The lowest BCUT2D eigenvalue weighted by Gasteiger charge is -2.25. The van der Waals surface area contributed by atoms with Crippen LogP contribution in [0.1, 0.15) is 18.9 Å². The lowest BCUT2D eigenvalue weighted by Crippen LogP contribution is -2.37. The summed E-state index contributed by atoms with van der Waals surface area (Å²) < 4.78 is 3.58. The van der Waals surface area contributed by atoms with Crippen LogP contribution in [-0.2, 0) is 0 Å². The van der Waals surface area contributed by atoms with E-state index in [4.69, 9.17) is 5.73 Å². The topological polar surface area (TPSA) is 98.1 Å². The molecule has 1 aliphatic heterocycles. The van der Waals surface area contributed by atoms with Gasteiger partial charge < -0.3 is 25.3 Å². The van der Waals surface area contributed by atoms with Crippen molar-refractivity contribution in [3.8, 4) is 22.7 Å². The first-order valence-corrected chi connectivity index (χ1v) is 8.69. The van der Waals surface area contributed by atoms with E-state index in [0.717, 1.165) is 31.6 Å². The maximum Gasteiger partial charge on any atom is 0.293 e. The van der Waals surface area contributed by atoms with Gasteiger partial charge in [0.2, 0.25) is 0 Å². The quantitative estimate of drug-likeness (QED) is 0.670. The minimum Gasteiger partial charge on any atom is -0.507 e. The van der Waals surface area contributed by atoms with Crippen LogP contribution in [0.25, 0.3) is 16.9 Å². The minimum absolute atomic E-state index is 0.0371. The van der Waals surface area contributed by atoms with Crippen molar-refractivity contribution in [3.63, 3.8) is 0 Å². The average molecular weight is 351 g/mol. The maximum absolute atomic E-state index is 12.5. The summed E-state index contributed by atoms with van der Waals surface area (Å²) in [6.45, 7) is 1.68. The maximum atomic E-state index is 12.5. The number of rotatable bonds is 3. The molecule has 1 fully saturated rings. The fourth-order valence-electron chi connectivity index (χ4n) is 3.40. The van der Waals surface area contributed by atoms with Crippen molar-refractivity contribution in [3.05, 3.63) is 59.3 Å². The largest absolute Gasteiger partial charge is 0.507 e. The van der Waals surface area contributed by atoms with Gasteiger partial charge in [-0.1, -0.05) is 0 Å². The zero-order chi connectivity index (χ0) is 18.1. The van der Waals surface area contributed by atoms with Gasteiger partial charge in [-0.05, 0) is 49.7 Å². The van der Waals surface area contributed by atoms with Crippen LogP contribution in [0, 0.1) is 0 Å². The van der Waals surface area contributed by atoms with E-state index in [2.05, 4.69) is 10.3 Å². The number of nitrogen functional groups attached to an aromatic ring is 1. The molecule has 1 unspecified atom stereocenters. The Morgan fingerprint density at radius 2 is 2.08 bits per heavy atom. The van der Waals surface area contributed by atoms with Gasteiger partial charge in [0.25, 0.3) is 5.56 Å². The van der Waals surface area contributed by atoms with E-state index in [1.54, 1.807) is 16.8 Å². The second-order valence-electron chi connectivity index (χ2n) is 6.52. The second kappa shape index (κ2) is 6.68. The first-order chi connectivity index (χ1) is 12.6. The molecule has 7 nitrogen and oxygen atoms in total. The number of anilines is 1. The molecule has 0 saturated carbocycles. The van der Waals surface area contributed by atoms with Crippen molar-refractivity contribution >= 4 is 5.82 Å². The molecule has 1 saturated heterocycles. The summed E-state index contributed by atoms with van der Waals surface area (Å²) in [4.78, 5) is 16.7. The van der Waals surface area contributed by atoms with Crippen molar-refractivity contribution in [2.24, 2.45) is 0 Å². The number of phenols is 1. The number of nitrogens with zero attached hydrogens (tertiary/aromatic N) is 3. The van der Waals surface area contributed by atoms with E-state index in [0.29, 0.717) is 11.3 Å². The zero-order valence-corrected chi connectivity index (χ0v) is 14.3. The van der Waals surface area contributed by atoms with Crippen LogP contribution in [0.3, 0.4) is 0 Å². The van der Waals surface area contributed by atoms with Crippen LogP contribution in [-0.4, -0.2) is 32.3 Å². The molecule has 3 aromatic rings. The van der Waals surface area contributed by atoms with Gasteiger partial charge in [0, 0.05) is 42.4 Å². The van der Waals surface area contributed by atoms with Crippen molar-refractivity contribution in [1.29, 1.82) is 0 Å². The first kappa shape index (κ1) is 16.4. The molecule has 4 rings (SSSR count). The summed E-state index contributed by atoms with van der Waals surface area (Å²) in [6.07, 6.45) is 7.46. The Labute approximate surface area is 150 Å². The van der Waals surface area contributed by atoms with Gasteiger partial charge in [0.05, 0.1) is 5.69 Å². The molecule has 7 heteroatoms. The highest BCUT2D eigenvalue weighted by Gasteiger charge is 2.19. The Hall–Kier alpha value is -3.06. The van der Waals surface area contributed by atoms with E-state index >= 15 is 0 Å². The van der Waals surface area contributed by atoms with Gasteiger partial charge in [-0.15, -0.1) is 0 Å². The number of nitrogens with one attached hydrogen (secondary N) is 1. The van der Waals surface area contributed by atoms with Crippen LogP contribution in [0.15, 0.2) is 53.7 Å². The van der Waals surface area contributed by atoms with Gasteiger partial charge in [-0.2, -0.15) is 0 Å². The number of hydrogen-bond donors (Lipinski definition) is 3. The van der Waals surface area contributed by atoms with Gasteiger partial charge in [-0.25, -0.2) is 4.98 Å². The number of hydrogen-bond acceptors (Lipinski definition) is 5. The lowest BCUT2D eigenvalue weighted by atomic mass is 10.1. The highest BCUT2D eigenvalue weighted by Crippen LogP contribution is 2.30. The van der Waals surface area contributed by atoms with Crippen LogP contribution in [0.4, 0.5) is 5.82 Å². The molecule has 0 amide bonds. The molecule has 0 bridgehead atoms. The summed E-state index contributed by atoms with van der Waals surface area (Å²) in [6, 6.07) is 9.18. The summed E-state index contributed by atoms with van der Waals surface area (Å²) in [5.74, 6) is 0.0404. The number of phenolic OH excluding ortho intramolecular Hbond substituents is 1. The SMILES string of the molecule is Nc1nc(-c2cc(-n3cccc3)ccc2O)cn(C2CCCNC2)c1=O. The van der Waals surface area contributed by atoms with Crippen molar-refractivity contribution in [1.82, 2.24) is 19.4 Å². The van der Waals surface area contributed by atoms with Crippen LogP contribution in [0.5, 0.6) is 5.75 Å². The highest BCUT2D eigenvalue weighted by atomic mass is 16.3. The Bertz CT molecular complexity index is 972. The predicted octanol–water partition coefficient (Wildman–Crippen LogP) is 1.91. The van der Waals surface area contributed by atoms with Gasteiger partial charge >= 0.3 is 0 Å². The smallest absolute Gasteiger partial charge is 0.293 e.